The van der Waals surface area contributed by atoms with Crippen LogP contribution in [0.2, 0.25) is 0 Å². The Morgan fingerprint density at radius 3 is 2.75 bits per heavy atom. The van der Waals surface area contributed by atoms with Crippen LogP contribution < -0.4 is 10.9 Å². The molecule has 1 aromatic heterocycles. The normalized spacial score (nSPS) is 20.0. The Hall–Kier alpha value is -2.47. The van der Waals surface area contributed by atoms with Crippen molar-refractivity contribution in [1.29, 1.82) is 0 Å². The molecule has 0 radical (unpaired) electrons. The molecule has 0 aliphatic carbocycles. The third-order valence-electron chi connectivity index (χ3n) is 4.24. The minimum Gasteiger partial charge on any atom is -0.379 e. The maximum Gasteiger partial charge on any atom is 0.272 e. The Kier molecular flexibility index (Phi) is 4.76. The van der Waals surface area contributed by atoms with Crippen LogP contribution >= 0.6 is 0 Å². The number of ether oxygens (including phenoxy) is 1. The second kappa shape index (κ2) is 6.97. The molecule has 1 aliphatic heterocycles. The van der Waals surface area contributed by atoms with E-state index in [0.717, 1.165) is 19.3 Å². The quantitative estimate of drug-likeness (QED) is 0.910. The first-order chi connectivity index (χ1) is 11.6. The summed E-state index contributed by atoms with van der Waals surface area (Å²) in [5.41, 5.74) is 0.247. The molecule has 1 atom stereocenters. The number of rotatable bonds is 5. The van der Waals surface area contributed by atoms with Gasteiger partial charge in [0, 0.05) is 12.7 Å². The highest BCUT2D eigenvalue weighted by Crippen LogP contribution is 2.24. The van der Waals surface area contributed by atoms with Crippen LogP contribution in [-0.4, -0.2) is 34.4 Å². The van der Waals surface area contributed by atoms with Crippen LogP contribution in [0, 0.1) is 0 Å². The predicted octanol–water partition coefficient (Wildman–Crippen LogP) is 1.92. The fourth-order valence-electron chi connectivity index (χ4n) is 3.04. The van der Waals surface area contributed by atoms with Gasteiger partial charge >= 0.3 is 0 Å². The van der Waals surface area contributed by atoms with Gasteiger partial charge in [-0.25, -0.2) is 0 Å². The van der Waals surface area contributed by atoms with E-state index in [1.165, 1.54) is 16.8 Å². The molecule has 0 bridgehead atoms. The maximum atomic E-state index is 12.6. The highest BCUT2D eigenvalue weighted by atomic mass is 16.5. The van der Waals surface area contributed by atoms with Crippen molar-refractivity contribution in [3.8, 4) is 5.69 Å². The van der Waals surface area contributed by atoms with Crippen LogP contribution in [0.4, 0.5) is 0 Å². The minimum absolute atomic E-state index is 0.223. The van der Waals surface area contributed by atoms with Crippen LogP contribution in [-0.2, 0) is 4.74 Å². The second-order valence-corrected chi connectivity index (χ2v) is 6.09. The molecule has 1 aliphatic rings. The highest BCUT2D eigenvalue weighted by Gasteiger charge is 2.36. The molecule has 2 aromatic rings. The van der Waals surface area contributed by atoms with Crippen molar-refractivity contribution in [3.63, 3.8) is 0 Å². The third-order valence-corrected chi connectivity index (χ3v) is 4.24. The molecule has 1 saturated heterocycles. The van der Waals surface area contributed by atoms with Gasteiger partial charge < -0.3 is 10.1 Å². The lowest BCUT2D eigenvalue weighted by molar-refractivity contribution is 0.0863. The largest absolute Gasteiger partial charge is 0.379 e. The first-order valence-corrected chi connectivity index (χ1v) is 8.20. The number of benzene rings is 1. The van der Waals surface area contributed by atoms with Crippen LogP contribution in [0.3, 0.4) is 0 Å². The first kappa shape index (κ1) is 16.4. The van der Waals surface area contributed by atoms with Gasteiger partial charge in [-0.2, -0.15) is 9.78 Å². The molecule has 126 valence electrons. The molecule has 0 saturated carbocycles. The smallest absolute Gasteiger partial charge is 0.272 e. The fourth-order valence-corrected chi connectivity index (χ4v) is 3.04. The van der Waals surface area contributed by atoms with Crippen molar-refractivity contribution >= 4 is 5.91 Å². The van der Waals surface area contributed by atoms with Gasteiger partial charge in [-0.05, 0) is 31.0 Å². The molecular weight excluding hydrogens is 306 g/mol. The van der Waals surface area contributed by atoms with E-state index in [1.807, 2.05) is 18.2 Å². The molecule has 1 fully saturated rings. The molecule has 1 amide bonds. The number of carbonyl (C=O) groups is 1. The number of hydrogen-bond acceptors (Lipinski definition) is 4. The summed E-state index contributed by atoms with van der Waals surface area (Å²) in [5, 5.41) is 7.29. The van der Waals surface area contributed by atoms with Crippen LogP contribution in [0.1, 0.15) is 36.7 Å². The molecule has 1 N–H and O–H groups in total. The number of carbonyl (C=O) groups excluding carboxylic acids is 1. The molecule has 24 heavy (non-hydrogen) atoms. The van der Waals surface area contributed by atoms with E-state index >= 15 is 0 Å². The van der Waals surface area contributed by atoms with E-state index in [2.05, 4.69) is 17.3 Å². The Labute approximate surface area is 140 Å². The molecule has 6 heteroatoms. The molecule has 0 spiro atoms. The van der Waals surface area contributed by atoms with E-state index in [9.17, 15) is 9.59 Å². The predicted molar refractivity (Wildman–Crippen MR) is 90.4 cm³/mol. The molecular formula is C18H21N3O3. The summed E-state index contributed by atoms with van der Waals surface area (Å²) in [7, 11) is 0. The van der Waals surface area contributed by atoms with Gasteiger partial charge in [-0.1, -0.05) is 31.5 Å². The minimum atomic E-state index is -0.332. The van der Waals surface area contributed by atoms with E-state index in [-0.39, 0.29) is 22.7 Å². The van der Waals surface area contributed by atoms with Gasteiger partial charge in [-0.15, -0.1) is 0 Å². The topological polar surface area (TPSA) is 73.2 Å². The summed E-state index contributed by atoms with van der Waals surface area (Å²) in [6.45, 7) is 3.25. The van der Waals surface area contributed by atoms with E-state index in [0.29, 0.717) is 18.9 Å². The van der Waals surface area contributed by atoms with Crippen molar-refractivity contribution in [2.45, 2.75) is 31.7 Å². The van der Waals surface area contributed by atoms with Gasteiger partial charge in [0.15, 0.2) is 0 Å². The summed E-state index contributed by atoms with van der Waals surface area (Å²) in [5.74, 6) is -0.279. The Morgan fingerprint density at radius 1 is 1.29 bits per heavy atom. The van der Waals surface area contributed by atoms with E-state index in [4.69, 9.17) is 4.74 Å². The average molecular weight is 327 g/mol. The van der Waals surface area contributed by atoms with Crippen molar-refractivity contribution in [3.05, 3.63) is 58.5 Å². The van der Waals surface area contributed by atoms with Crippen molar-refractivity contribution in [2.75, 3.05) is 13.2 Å². The van der Waals surface area contributed by atoms with E-state index in [1.54, 1.807) is 12.1 Å². The van der Waals surface area contributed by atoms with Crippen LogP contribution in [0.25, 0.3) is 5.69 Å². The number of para-hydroxylation sites is 1. The van der Waals surface area contributed by atoms with Gasteiger partial charge in [0.05, 0.1) is 17.8 Å². The second-order valence-electron chi connectivity index (χ2n) is 6.09. The van der Waals surface area contributed by atoms with Crippen molar-refractivity contribution < 1.29 is 9.53 Å². The summed E-state index contributed by atoms with van der Waals surface area (Å²) < 4.78 is 6.71. The van der Waals surface area contributed by atoms with Crippen LogP contribution in [0.5, 0.6) is 0 Å². The van der Waals surface area contributed by atoms with E-state index < -0.39 is 0 Å². The number of nitrogens with zero attached hydrogens (tertiary/aromatic N) is 2. The summed E-state index contributed by atoms with van der Waals surface area (Å²) in [6.07, 6.45) is 2.61. The van der Waals surface area contributed by atoms with Crippen molar-refractivity contribution in [1.82, 2.24) is 15.1 Å². The number of hydrogen-bond donors (Lipinski definition) is 1. The molecule has 2 heterocycles. The molecule has 1 aromatic carbocycles. The Balaban J connectivity index is 1.87. The standard InChI is InChI=1S/C18H21N3O3/c1-2-10-18(11-12-24-13-18)19-17(23)15-8-9-16(22)21(20-15)14-6-4-3-5-7-14/h3-9H,2,10-13H2,1H3,(H,19,23). The highest BCUT2D eigenvalue weighted by molar-refractivity contribution is 5.92. The third kappa shape index (κ3) is 3.38. The average Bonchev–Trinajstić information content (AvgIpc) is 3.04. The summed E-state index contributed by atoms with van der Waals surface area (Å²) >= 11 is 0. The zero-order valence-electron chi connectivity index (χ0n) is 13.7. The molecule has 6 nitrogen and oxygen atoms in total. The number of amides is 1. The summed E-state index contributed by atoms with van der Waals surface area (Å²) in [4.78, 5) is 24.7. The van der Waals surface area contributed by atoms with Crippen LogP contribution in [0.15, 0.2) is 47.3 Å². The number of nitrogens with one attached hydrogen (secondary N) is 1. The first-order valence-electron chi connectivity index (χ1n) is 8.20. The van der Waals surface area contributed by atoms with Gasteiger partial charge in [0.1, 0.15) is 5.69 Å². The SMILES string of the molecule is CCCC1(NC(=O)c2ccc(=O)n(-c3ccccc3)n2)CCOC1. The van der Waals surface area contributed by atoms with Crippen molar-refractivity contribution in [2.24, 2.45) is 0 Å². The lowest BCUT2D eigenvalue weighted by Crippen LogP contribution is -2.49. The zero-order valence-corrected chi connectivity index (χ0v) is 13.7. The maximum absolute atomic E-state index is 12.6. The zero-order chi connectivity index (χ0) is 17.0. The summed E-state index contributed by atoms with van der Waals surface area (Å²) in [6, 6.07) is 11.9. The van der Waals surface area contributed by atoms with Gasteiger partial charge in [0.2, 0.25) is 0 Å². The monoisotopic (exact) mass is 327 g/mol. The fraction of sp³-hybridized carbons (Fsp3) is 0.389. The lowest BCUT2D eigenvalue weighted by atomic mass is 9.92. The van der Waals surface area contributed by atoms with Gasteiger partial charge in [0.25, 0.3) is 11.5 Å². The lowest BCUT2D eigenvalue weighted by Gasteiger charge is -2.28. The van der Waals surface area contributed by atoms with Gasteiger partial charge in [-0.3, -0.25) is 9.59 Å². The molecule has 1 unspecified atom stereocenters. The Bertz CT molecular complexity index is 765. The number of aromatic nitrogens is 2. The Morgan fingerprint density at radius 2 is 2.08 bits per heavy atom. The molecule has 3 rings (SSSR count).